The number of methoxy groups -OCH3 is 2. The predicted octanol–water partition coefficient (Wildman–Crippen LogP) is 3.44. The number of fused-ring (bicyclic) bond motifs is 1. The van der Waals surface area contributed by atoms with Crippen molar-refractivity contribution in [2.45, 2.75) is 204 Å². The van der Waals surface area contributed by atoms with Gasteiger partial charge in [0, 0.05) is 68.1 Å². The van der Waals surface area contributed by atoms with Crippen LogP contribution < -0.4 is 10.7 Å². The standard InChI is InChI=1S/C55H85N3O19S/c1-28-24-53(8,69-12)48(76-52-45(61)39(57(10)11)21-29(2)72-52)31(4)46(32(5)51(65)74-40-16-17-55(40,66)47(62)30(3)43(28)59)75-41-25-54(9,70-13)49(33(6)73-41)77-78(67,68)20-19-56-18-14-15-35-22-36-27-71-34(7)58-26-38(50(63)64)44(60)37(23-35)42(36)58/h22-23,26,28-34,39-41,45-49,52,56,61-62,66H,14-21,24-25,27H2,1-13H3,(H,63,64)/t28-,29-,30+,31+,32-,33+,34?,39+,40-,41+,45-,46+,47-,48-,49+,52+,53-,54-,55-/m1/s1. The third-order valence-corrected chi connectivity index (χ3v) is 18.7. The van der Waals surface area contributed by atoms with E-state index in [1.807, 2.05) is 32.0 Å². The first-order chi connectivity index (χ1) is 36.5. The van der Waals surface area contributed by atoms with Crippen LogP contribution in [0.1, 0.15) is 129 Å². The van der Waals surface area contributed by atoms with Crippen LogP contribution in [0.5, 0.6) is 0 Å². The number of aromatic carboxylic acids is 1. The van der Waals surface area contributed by atoms with Gasteiger partial charge < -0.3 is 73.1 Å². The minimum atomic E-state index is -4.22. The molecule has 4 fully saturated rings. The van der Waals surface area contributed by atoms with Crippen molar-refractivity contribution in [3.8, 4) is 0 Å². The molecule has 1 aliphatic carbocycles. The minimum absolute atomic E-state index is 0.0408. The van der Waals surface area contributed by atoms with E-state index in [0.29, 0.717) is 36.7 Å². The number of benzene rings is 1. The summed E-state index contributed by atoms with van der Waals surface area (Å²) in [5, 5.41) is 48.3. The molecular weight excluding hydrogens is 1040 g/mol. The second-order valence-electron chi connectivity index (χ2n) is 23.4. The fraction of sp³-hybridized carbons (Fsp3) is 0.782. The van der Waals surface area contributed by atoms with Crippen LogP contribution in [-0.4, -0.2) is 187 Å². The number of carboxylic acid groups (broad SMARTS) is 1. The van der Waals surface area contributed by atoms with Gasteiger partial charge in [0.1, 0.15) is 41.5 Å². The quantitative estimate of drug-likeness (QED) is 0.0861. The molecule has 2 aromatic rings. The monoisotopic (exact) mass is 1120 g/mol. The largest absolute Gasteiger partial charge is 0.477 e. The molecule has 5 N–H and O–H groups in total. The van der Waals surface area contributed by atoms with E-state index in [1.54, 1.807) is 66.0 Å². The van der Waals surface area contributed by atoms with Crippen molar-refractivity contribution in [1.82, 2.24) is 14.8 Å². The molecule has 3 saturated heterocycles. The fourth-order valence-electron chi connectivity index (χ4n) is 12.5. The highest BCUT2D eigenvalue weighted by atomic mass is 32.2. The van der Waals surface area contributed by atoms with Crippen LogP contribution in [0.25, 0.3) is 10.9 Å². The molecule has 440 valence electrons. The van der Waals surface area contributed by atoms with E-state index in [-0.39, 0.29) is 62.3 Å². The molecule has 22 nitrogen and oxygen atoms in total. The van der Waals surface area contributed by atoms with Gasteiger partial charge in [-0.2, -0.15) is 8.42 Å². The number of ketones is 1. The summed E-state index contributed by atoms with van der Waals surface area (Å²) in [6.45, 7) is 16.1. The lowest BCUT2D eigenvalue weighted by molar-refractivity contribution is -0.318. The van der Waals surface area contributed by atoms with Gasteiger partial charge in [0.25, 0.3) is 10.1 Å². The number of aryl methyl sites for hydroxylation is 1. The lowest BCUT2D eigenvalue weighted by Gasteiger charge is -2.51. The molecule has 1 saturated carbocycles. The Morgan fingerprint density at radius 1 is 0.923 bits per heavy atom. The zero-order chi connectivity index (χ0) is 57.6. The average Bonchev–Trinajstić information content (AvgIpc) is 3.47. The third kappa shape index (κ3) is 12.7. The Morgan fingerprint density at radius 3 is 2.23 bits per heavy atom. The van der Waals surface area contributed by atoms with Gasteiger partial charge in [-0.3, -0.25) is 18.6 Å². The zero-order valence-corrected chi connectivity index (χ0v) is 48.3. The van der Waals surface area contributed by atoms with E-state index in [1.165, 1.54) is 20.4 Å². The smallest absolute Gasteiger partial charge is 0.341 e. The van der Waals surface area contributed by atoms with Gasteiger partial charge in [-0.1, -0.05) is 26.8 Å². The number of nitrogens with zero attached hydrogens (tertiary/aromatic N) is 2. The van der Waals surface area contributed by atoms with Crippen LogP contribution >= 0.6 is 0 Å². The van der Waals surface area contributed by atoms with Gasteiger partial charge in [-0.25, -0.2) is 4.79 Å². The first-order valence-corrected chi connectivity index (χ1v) is 29.0. The van der Waals surface area contributed by atoms with Crippen molar-refractivity contribution in [2.75, 3.05) is 47.2 Å². The maximum atomic E-state index is 14.5. The highest BCUT2D eigenvalue weighted by Crippen LogP contribution is 2.45. The average molecular weight is 1120 g/mol. The number of carboxylic acids is 1. The molecule has 5 aliphatic rings. The SMILES string of the molecule is CO[C@]1(C)C[C@@H](C)C(=O)[C@H](C)[C@@H](O)[C@@]2(O)CC[C@H]2OC(=O)[C@H](C)[C@@H](O[C@H]2C[C@@](C)(OC)[C@@H](OS(=O)(=O)CCNCCCc3cc4c5c(c3)c(=O)c(C(=O)O)cn5C(C)OC4)[C@H](C)O2)[C@H](C)[C@H]1O[C@@H]1O[C@H](C)C[C@H](N(C)C)[C@H]1O. The van der Waals surface area contributed by atoms with Gasteiger partial charge in [-0.05, 0) is 112 Å². The number of carbonyl (C=O) groups excluding carboxylic acids is 2. The lowest BCUT2D eigenvalue weighted by Crippen LogP contribution is -2.65. The third-order valence-electron chi connectivity index (χ3n) is 17.4. The number of hydrogen-bond acceptors (Lipinski definition) is 20. The van der Waals surface area contributed by atoms with Gasteiger partial charge in [0.2, 0.25) is 5.43 Å². The summed E-state index contributed by atoms with van der Waals surface area (Å²) in [4.78, 5) is 55.6. The zero-order valence-electron chi connectivity index (χ0n) is 47.5. The molecule has 1 aromatic carbocycles. The van der Waals surface area contributed by atoms with Crippen molar-refractivity contribution in [3.63, 3.8) is 0 Å². The number of carbonyl (C=O) groups is 3. The van der Waals surface area contributed by atoms with E-state index >= 15 is 0 Å². The van der Waals surface area contributed by atoms with Gasteiger partial charge in [0.05, 0.1) is 65.5 Å². The molecule has 0 radical (unpaired) electrons. The molecule has 0 bridgehead atoms. The fourth-order valence-corrected chi connectivity index (χ4v) is 13.7. The number of esters is 1. The molecule has 1 unspecified atom stereocenters. The summed E-state index contributed by atoms with van der Waals surface area (Å²) in [6.07, 6.45) is -8.07. The van der Waals surface area contributed by atoms with Crippen LogP contribution in [0.4, 0.5) is 0 Å². The Balaban J connectivity index is 1.07. The number of hydrogen-bond donors (Lipinski definition) is 5. The number of likely N-dealkylation sites (N-methyl/N-ethyl adjacent to an activating group) is 1. The Morgan fingerprint density at radius 2 is 1.60 bits per heavy atom. The van der Waals surface area contributed by atoms with Crippen LogP contribution in [0.15, 0.2) is 23.1 Å². The second kappa shape index (κ2) is 24.5. The summed E-state index contributed by atoms with van der Waals surface area (Å²) in [5.74, 6) is -6.58. The molecular formula is C55H85N3O19S. The van der Waals surface area contributed by atoms with E-state index < -0.39 is 135 Å². The van der Waals surface area contributed by atoms with E-state index in [2.05, 4.69) is 5.32 Å². The molecule has 0 spiro atoms. The number of aromatic nitrogens is 1. The summed E-state index contributed by atoms with van der Waals surface area (Å²) in [5.41, 5.74) is -3.26. The van der Waals surface area contributed by atoms with Crippen molar-refractivity contribution in [3.05, 3.63) is 45.2 Å². The molecule has 0 amide bonds. The number of pyridine rings is 1. The van der Waals surface area contributed by atoms with Crippen molar-refractivity contribution in [1.29, 1.82) is 0 Å². The molecule has 19 atom stereocenters. The summed E-state index contributed by atoms with van der Waals surface area (Å²) in [6, 6.07) is 3.30. The van der Waals surface area contributed by atoms with Gasteiger partial charge >= 0.3 is 11.9 Å². The molecule has 78 heavy (non-hydrogen) atoms. The van der Waals surface area contributed by atoms with Crippen molar-refractivity contribution >= 4 is 38.7 Å². The molecule has 1 aromatic heterocycles. The van der Waals surface area contributed by atoms with E-state index in [9.17, 15) is 48.0 Å². The van der Waals surface area contributed by atoms with Crippen LogP contribution in [-0.2, 0) is 74.8 Å². The normalized spacial score (nSPS) is 39.0. The van der Waals surface area contributed by atoms with E-state index in [0.717, 1.165) is 11.1 Å². The number of rotatable bonds is 17. The number of Topliss-reactive ketones (excluding diaryl/α,β-unsaturated/α-hetero) is 1. The Bertz CT molecular complexity index is 2650. The summed E-state index contributed by atoms with van der Waals surface area (Å²) in [7, 11) is 2.38. The maximum Gasteiger partial charge on any atom is 0.341 e. The number of aliphatic hydroxyl groups excluding tert-OH is 2. The number of nitrogens with one attached hydrogen (secondary N) is 1. The molecule has 5 heterocycles. The van der Waals surface area contributed by atoms with Gasteiger partial charge in [0.15, 0.2) is 12.6 Å². The maximum absolute atomic E-state index is 14.5. The topological polar surface area (TPSA) is 287 Å². The first-order valence-electron chi connectivity index (χ1n) is 27.4. The number of ether oxygens (including phenoxy) is 8. The summed E-state index contributed by atoms with van der Waals surface area (Å²) >= 11 is 0. The lowest BCUT2D eigenvalue weighted by atomic mass is 9.67. The Labute approximate surface area is 457 Å². The Kier molecular flexibility index (Phi) is 19.5. The summed E-state index contributed by atoms with van der Waals surface area (Å²) < 4.78 is 85.7. The predicted molar refractivity (Wildman–Crippen MR) is 283 cm³/mol. The number of aliphatic hydroxyl groups is 3. The van der Waals surface area contributed by atoms with Crippen LogP contribution in [0.3, 0.4) is 0 Å². The van der Waals surface area contributed by atoms with Crippen LogP contribution in [0, 0.1) is 23.7 Å². The second-order valence-corrected chi connectivity index (χ2v) is 25.1. The van der Waals surface area contributed by atoms with Gasteiger partial charge in [-0.15, -0.1) is 0 Å². The first kappa shape index (κ1) is 62.1. The van der Waals surface area contributed by atoms with Crippen LogP contribution in [0.2, 0.25) is 0 Å². The molecule has 4 aliphatic heterocycles. The highest BCUT2D eigenvalue weighted by Gasteiger charge is 2.58. The highest BCUT2D eigenvalue weighted by molar-refractivity contribution is 7.86. The van der Waals surface area contributed by atoms with Crippen molar-refractivity contribution < 1.29 is 85.3 Å². The minimum Gasteiger partial charge on any atom is -0.477 e. The van der Waals surface area contributed by atoms with Crippen molar-refractivity contribution in [2.24, 2.45) is 23.7 Å². The van der Waals surface area contributed by atoms with E-state index in [4.69, 9.17) is 42.1 Å². The Hall–Kier alpha value is -3.53. The molecule has 23 heteroatoms. The molecule has 7 rings (SSSR count).